The van der Waals surface area contributed by atoms with Crippen molar-refractivity contribution in [3.8, 4) is 0 Å². The van der Waals surface area contributed by atoms with Gasteiger partial charge in [-0.25, -0.2) is 4.98 Å². The van der Waals surface area contributed by atoms with Gasteiger partial charge in [0.1, 0.15) is 5.82 Å². The van der Waals surface area contributed by atoms with E-state index in [0.29, 0.717) is 17.9 Å². The highest BCUT2D eigenvalue weighted by atomic mass is 16.3. The van der Waals surface area contributed by atoms with Gasteiger partial charge >= 0.3 is 0 Å². The SMILES string of the molecule is CC[C@@H](O)c1cccc(N)n1. The van der Waals surface area contributed by atoms with Crippen LogP contribution in [0.3, 0.4) is 0 Å². The number of anilines is 1. The number of aromatic nitrogens is 1. The first kappa shape index (κ1) is 8.01. The van der Waals surface area contributed by atoms with Crippen molar-refractivity contribution in [1.82, 2.24) is 4.98 Å². The molecule has 3 N–H and O–H groups in total. The topological polar surface area (TPSA) is 59.1 Å². The summed E-state index contributed by atoms with van der Waals surface area (Å²) in [5.41, 5.74) is 6.07. The van der Waals surface area contributed by atoms with Gasteiger partial charge in [-0.2, -0.15) is 0 Å². The summed E-state index contributed by atoms with van der Waals surface area (Å²) in [7, 11) is 0. The molecule has 0 aliphatic carbocycles. The van der Waals surface area contributed by atoms with Crippen LogP contribution >= 0.6 is 0 Å². The fourth-order valence-corrected chi connectivity index (χ4v) is 0.864. The van der Waals surface area contributed by atoms with Crippen LogP contribution in [-0.4, -0.2) is 10.1 Å². The molecule has 60 valence electrons. The molecule has 0 radical (unpaired) electrons. The molecule has 0 saturated heterocycles. The molecule has 1 heterocycles. The summed E-state index contributed by atoms with van der Waals surface area (Å²) in [6.07, 6.45) is 0.176. The summed E-state index contributed by atoms with van der Waals surface area (Å²) in [5, 5.41) is 9.34. The Morgan fingerprint density at radius 2 is 2.36 bits per heavy atom. The van der Waals surface area contributed by atoms with Gasteiger partial charge in [-0.3, -0.25) is 0 Å². The van der Waals surface area contributed by atoms with Crippen molar-refractivity contribution in [2.24, 2.45) is 0 Å². The molecule has 1 aromatic heterocycles. The zero-order chi connectivity index (χ0) is 8.27. The Morgan fingerprint density at radius 1 is 1.64 bits per heavy atom. The Kier molecular flexibility index (Phi) is 2.44. The van der Waals surface area contributed by atoms with E-state index in [0.717, 1.165) is 0 Å². The van der Waals surface area contributed by atoms with E-state index in [1.807, 2.05) is 6.92 Å². The monoisotopic (exact) mass is 152 g/mol. The largest absolute Gasteiger partial charge is 0.387 e. The standard InChI is InChI=1S/C8H12N2O/c1-2-7(11)6-4-3-5-8(9)10-6/h3-5,7,11H,2H2,1H3,(H2,9,10)/t7-/m1/s1. The molecule has 1 rings (SSSR count). The smallest absolute Gasteiger partial charge is 0.123 e. The number of aliphatic hydroxyl groups is 1. The first-order valence-electron chi connectivity index (χ1n) is 3.64. The van der Waals surface area contributed by atoms with Crippen LogP contribution in [0.2, 0.25) is 0 Å². The van der Waals surface area contributed by atoms with Crippen molar-refractivity contribution in [3.63, 3.8) is 0 Å². The Balaban J connectivity index is 2.86. The highest BCUT2D eigenvalue weighted by Gasteiger charge is 2.04. The molecular formula is C8H12N2O. The molecule has 0 aliphatic rings. The second-order valence-electron chi connectivity index (χ2n) is 2.41. The lowest BCUT2D eigenvalue weighted by molar-refractivity contribution is 0.169. The Bertz CT molecular complexity index is 237. The van der Waals surface area contributed by atoms with Gasteiger partial charge in [0, 0.05) is 0 Å². The van der Waals surface area contributed by atoms with Crippen molar-refractivity contribution in [2.45, 2.75) is 19.4 Å². The van der Waals surface area contributed by atoms with Gasteiger partial charge < -0.3 is 10.8 Å². The quantitative estimate of drug-likeness (QED) is 0.667. The molecule has 3 nitrogen and oxygen atoms in total. The normalized spacial score (nSPS) is 12.9. The number of nitrogen functional groups attached to an aromatic ring is 1. The molecule has 0 fully saturated rings. The highest BCUT2D eigenvalue weighted by Crippen LogP contribution is 2.13. The average molecular weight is 152 g/mol. The number of rotatable bonds is 2. The van der Waals surface area contributed by atoms with E-state index < -0.39 is 6.10 Å². The molecule has 11 heavy (non-hydrogen) atoms. The van der Waals surface area contributed by atoms with Gasteiger partial charge in [0.15, 0.2) is 0 Å². The van der Waals surface area contributed by atoms with E-state index in [1.54, 1.807) is 18.2 Å². The van der Waals surface area contributed by atoms with Gasteiger partial charge in [-0.15, -0.1) is 0 Å². The summed E-state index contributed by atoms with van der Waals surface area (Å²) < 4.78 is 0. The number of pyridine rings is 1. The molecule has 0 bridgehead atoms. The lowest BCUT2D eigenvalue weighted by Crippen LogP contribution is -2.00. The molecule has 0 amide bonds. The Hall–Kier alpha value is -1.09. The number of hydrogen-bond donors (Lipinski definition) is 2. The fraction of sp³-hybridized carbons (Fsp3) is 0.375. The van der Waals surface area contributed by atoms with Crippen molar-refractivity contribution >= 4 is 5.82 Å². The summed E-state index contributed by atoms with van der Waals surface area (Å²) in [6, 6.07) is 5.26. The van der Waals surface area contributed by atoms with Crippen LogP contribution in [0.1, 0.15) is 25.1 Å². The highest BCUT2D eigenvalue weighted by molar-refractivity contribution is 5.29. The maximum absolute atomic E-state index is 9.34. The zero-order valence-electron chi connectivity index (χ0n) is 6.49. The van der Waals surface area contributed by atoms with Crippen molar-refractivity contribution in [2.75, 3.05) is 5.73 Å². The third-order valence-corrected chi connectivity index (χ3v) is 1.52. The summed E-state index contributed by atoms with van der Waals surface area (Å²) >= 11 is 0. The predicted molar refractivity (Wildman–Crippen MR) is 43.9 cm³/mol. The molecule has 3 heteroatoms. The zero-order valence-corrected chi connectivity index (χ0v) is 6.49. The summed E-state index contributed by atoms with van der Waals surface area (Å²) in [6.45, 7) is 1.90. The number of hydrogen-bond acceptors (Lipinski definition) is 3. The second-order valence-corrected chi connectivity index (χ2v) is 2.41. The minimum atomic E-state index is -0.488. The average Bonchev–Trinajstić information content (AvgIpc) is 2.03. The van der Waals surface area contributed by atoms with Crippen LogP contribution in [0.5, 0.6) is 0 Å². The van der Waals surface area contributed by atoms with E-state index in [4.69, 9.17) is 5.73 Å². The lowest BCUT2D eigenvalue weighted by Gasteiger charge is -2.06. The van der Waals surface area contributed by atoms with Crippen LogP contribution in [0.4, 0.5) is 5.82 Å². The van der Waals surface area contributed by atoms with Gasteiger partial charge in [-0.05, 0) is 18.6 Å². The van der Waals surface area contributed by atoms with Crippen LogP contribution in [-0.2, 0) is 0 Å². The summed E-state index contributed by atoms with van der Waals surface area (Å²) in [4.78, 5) is 3.97. The maximum atomic E-state index is 9.34. The van der Waals surface area contributed by atoms with E-state index >= 15 is 0 Å². The van der Waals surface area contributed by atoms with E-state index in [-0.39, 0.29) is 0 Å². The predicted octanol–water partition coefficient (Wildman–Crippen LogP) is 1.11. The lowest BCUT2D eigenvalue weighted by atomic mass is 10.2. The Labute approximate surface area is 65.9 Å². The molecule has 0 saturated carbocycles. The minimum Gasteiger partial charge on any atom is -0.387 e. The van der Waals surface area contributed by atoms with Gasteiger partial charge in [-0.1, -0.05) is 13.0 Å². The molecule has 1 atom stereocenters. The van der Waals surface area contributed by atoms with E-state index in [1.165, 1.54) is 0 Å². The Morgan fingerprint density at radius 3 is 2.91 bits per heavy atom. The van der Waals surface area contributed by atoms with Crippen LogP contribution < -0.4 is 5.73 Å². The van der Waals surface area contributed by atoms with Crippen molar-refractivity contribution < 1.29 is 5.11 Å². The van der Waals surface area contributed by atoms with Crippen LogP contribution in [0.15, 0.2) is 18.2 Å². The summed E-state index contributed by atoms with van der Waals surface area (Å²) in [5.74, 6) is 0.454. The van der Waals surface area contributed by atoms with Crippen LogP contribution in [0.25, 0.3) is 0 Å². The van der Waals surface area contributed by atoms with E-state index in [9.17, 15) is 5.11 Å². The number of nitrogens with zero attached hydrogens (tertiary/aromatic N) is 1. The van der Waals surface area contributed by atoms with E-state index in [2.05, 4.69) is 4.98 Å². The molecule has 0 aromatic carbocycles. The molecule has 0 aliphatic heterocycles. The number of nitrogens with two attached hydrogens (primary N) is 1. The van der Waals surface area contributed by atoms with Gasteiger partial charge in [0.25, 0.3) is 0 Å². The number of aliphatic hydroxyl groups excluding tert-OH is 1. The first-order chi connectivity index (χ1) is 5.24. The third kappa shape index (κ3) is 1.91. The minimum absolute atomic E-state index is 0.454. The van der Waals surface area contributed by atoms with Crippen molar-refractivity contribution in [3.05, 3.63) is 23.9 Å². The van der Waals surface area contributed by atoms with Crippen LogP contribution in [0, 0.1) is 0 Å². The molecule has 0 spiro atoms. The first-order valence-corrected chi connectivity index (χ1v) is 3.64. The molecular weight excluding hydrogens is 140 g/mol. The maximum Gasteiger partial charge on any atom is 0.123 e. The molecule has 0 unspecified atom stereocenters. The molecule has 1 aromatic rings. The third-order valence-electron chi connectivity index (χ3n) is 1.52. The fourth-order valence-electron chi connectivity index (χ4n) is 0.864. The van der Waals surface area contributed by atoms with Crippen molar-refractivity contribution in [1.29, 1.82) is 0 Å². The van der Waals surface area contributed by atoms with Gasteiger partial charge in [0.05, 0.1) is 11.8 Å². The van der Waals surface area contributed by atoms with Gasteiger partial charge in [0.2, 0.25) is 0 Å². The second kappa shape index (κ2) is 3.34.